The highest BCUT2D eigenvalue weighted by Crippen LogP contribution is 2.26. The zero-order valence-corrected chi connectivity index (χ0v) is 11.9. The fourth-order valence-electron chi connectivity index (χ4n) is 2.19. The van der Waals surface area contributed by atoms with E-state index >= 15 is 0 Å². The van der Waals surface area contributed by atoms with Crippen LogP contribution in [0.25, 0.3) is 0 Å². The van der Waals surface area contributed by atoms with Crippen molar-refractivity contribution in [3.8, 4) is 5.75 Å². The molecule has 2 aromatic rings. The summed E-state index contributed by atoms with van der Waals surface area (Å²) < 4.78 is 6.70. The van der Waals surface area contributed by atoms with Crippen LogP contribution in [0.2, 0.25) is 0 Å². The number of benzene rings is 1. The first-order chi connectivity index (χ1) is 9.56. The van der Waals surface area contributed by atoms with Crippen LogP contribution in [0.3, 0.4) is 0 Å². The van der Waals surface area contributed by atoms with Crippen LogP contribution in [0.1, 0.15) is 29.0 Å². The maximum absolute atomic E-state index is 12.6. The van der Waals surface area contributed by atoms with Gasteiger partial charge in [-0.1, -0.05) is 37.3 Å². The molecule has 2 atom stereocenters. The molecule has 0 aliphatic carbocycles. The first kappa shape index (κ1) is 14.3. The first-order valence-corrected chi connectivity index (χ1v) is 6.47. The highest BCUT2D eigenvalue weighted by Gasteiger charge is 2.28. The Kier molecular flexibility index (Phi) is 4.20. The molecule has 2 unspecified atom stereocenters. The fourth-order valence-corrected chi connectivity index (χ4v) is 2.19. The summed E-state index contributed by atoms with van der Waals surface area (Å²) in [7, 11) is 3.24. The molecule has 0 saturated carbocycles. The van der Waals surface area contributed by atoms with Crippen LogP contribution < -0.4 is 10.5 Å². The van der Waals surface area contributed by atoms with Gasteiger partial charge in [-0.2, -0.15) is 5.10 Å². The van der Waals surface area contributed by atoms with Crippen LogP contribution in [0.4, 0.5) is 0 Å². The average Bonchev–Trinajstić information content (AvgIpc) is 2.86. The Bertz CT molecular complexity index is 592. The lowest BCUT2D eigenvalue weighted by atomic mass is 9.90. The van der Waals surface area contributed by atoms with Gasteiger partial charge in [0.1, 0.15) is 5.69 Å². The lowest BCUT2D eigenvalue weighted by Gasteiger charge is -2.19. The van der Waals surface area contributed by atoms with Crippen molar-refractivity contribution in [2.75, 3.05) is 7.11 Å². The Balaban J connectivity index is 2.27. The molecule has 5 heteroatoms. The van der Waals surface area contributed by atoms with E-state index in [1.54, 1.807) is 7.05 Å². The smallest absolute Gasteiger partial charge is 0.189 e. The molecule has 0 saturated heterocycles. The van der Waals surface area contributed by atoms with E-state index in [9.17, 15) is 4.79 Å². The Morgan fingerprint density at radius 3 is 2.60 bits per heavy atom. The van der Waals surface area contributed by atoms with Crippen molar-refractivity contribution < 1.29 is 9.53 Å². The molecule has 0 bridgehead atoms. The topological polar surface area (TPSA) is 70.1 Å². The van der Waals surface area contributed by atoms with Crippen LogP contribution in [0.15, 0.2) is 36.5 Å². The third kappa shape index (κ3) is 2.58. The lowest BCUT2D eigenvalue weighted by Crippen LogP contribution is -2.27. The summed E-state index contributed by atoms with van der Waals surface area (Å²) in [6.45, 7) is 1.83. The second-order valence-electron chi connectivity index (χ2n) is 4.77. The molecular weight excluding hydrogens is 254 g/mol. The van der Waals surface area contributed by atoms with Crippen LogP contribution in [0.5, 0.6) is 5.75 Å². The van der Waals surface area contributed by atoms with Crippen molar-refractivity contribution in [3.63, 3.8) is 0 Å². The maximum atomic E-state index is 12.6. The van der Waals surface area contributed by atoms with E-state index in [2.05, 4.69) is 5.10 Å². The number of aryl methyl sites for hydroxylation is 1. The molecule has 0 aliphatic rings. The normalized spacial score (nSPS) is 13.8. The molecule has 0 spiro atoms. The van der Waals surface area contributed by atoms with E-state index in [0.717, 1.165) is 5.56 Å². The average molecular weight is 273 g/mol. The molecule has 5 nitrogen and oxygen atoms in total. The number of carbonyl (C=O) groups excluding carboxylic acids is 1. The number of carbonyl (C=O) groups is 1. The van der Waals surface area contributed by atoms with E-state index in [-0.39, 0.29) is 17.7 Å². The Morgan fingerprint density at radius 1 is 1.35 bits per heavy atom. The molecule has 106 valence electrons. The summed E-state index contributed by atoms with van der Waals surface area (Å²) in [5.74, 6) is 0.0458. The van der Waals surface area contributed by atoms with Crippen molar-refractivity contribution in [1.29, 1.82) is 0 Å². The Hall–Kier alpha value is -2.14. The number of aromatic nitrogens is 2. The molecule has 2 N–H and O–H groups in total. The molecule has 0 radical (unpaired) electrons. The number of ether oxygens (including phenoxy) is 1. The first-order valence-electron chi connectivity index (χ1n) is 6.47. The van der Waals surface area contributed by atoms with Gasteiger partial charge in [-0.15, -0.1) is 0 Å². The molecular formula is C15H19N3O2. The van der Waals surface area contributed by atoms with Gasteiger partial charge in [0.05, 0.1) is 13.3 Å². The van der Waals surface area contributed by atoms with Gasteiger partial charge in [-0.25, -0.2) is 0 Å². The summed E-state index contributed by atoms with van der Waals surface area (Å²) in [5.41, 5.74) is 7.59. The molecule has 1 aromatic carbocycles. The lowest BCUT2D eigenvalue weighted by molar-refractivity contribution is 0.0900. The van der Waals surface area contributed by atoms with E-state index in [4.69, 9.17) is 10.5 Å². The summed E-state index contributed by atoms with van der Waals surface area (Å²) in [4.78, 5) is 12.6. The summed E-state index contributed by atoms with van der Waals surface area (Å²) in [6, 6.07) is 9.24. The van der Waals surface area contributed by atoms with E-state index in [0.29, 0.717) is 11.4 Å². The van der Waals surface area contributed by atoms with E-state index in [1.165, 1.54) is 18.0 Å². The number of nitrogens with zero attached hydrogens (tertiary/aromatic N) is 2. The highest BCUT2D eigenvalue weighted by molar-refractivity contribution is 5.99. The number of rotatable bonds is 5. The minimum atomic E-state index is -0.360. The number of nitrogens with two attached hydrogens (primary N) is 1. The fraction of sp³-hybridized carbons (Fsp3) is 0.333. The molecule has 1 heterocycles. The maximum Gasteiger partial charge on any atom is 0.189 e. The monoisotopic (exact) mass is 273 g/mol. The van der Waals surface area contributed by atoms with Gasteiger partial charge in [0.25, 0.3) is 0 Å². The van der Waals surface area contributed by atoms with Crippen molar-refractivity contribution in [1.82, 2.24) is 9.78 Å². The zero-order valence-electron chi connectivity index (χ0n) is 11.9. The molecule has 2 rings (SSSR count). The Labute approximate surface area is 118 Å². The number of methoxy groups -OCH3 is 1. The minimum Gasteiger partial charge on any atom is -0.493 e. The van der Waals surface area contributed by atoms with Gasteiger partial charge in [-0.3, -0.25) is 9.48 Å². The third-order valence-corrected chi connectivity index (χ3v) is 3.50. The number of ketones is 1. The predicted molar refractivity (Wildman–Crippen MR) is 76.6 cm³/mol. The molecule has 0 fully saturated rings. The standard InChI is InChI=1S/C15H19N3O2/c1-10(13(16)11-7-5-4-6-8-11)15(19)14-12(20-3)9-17-18(14)2/h4-10,13H,16H2,1-3H3. The van der Waals surface area contributed by atoms with Gasteiger partial charge >= 0.3 is 0 Å². The Morgan fingerprint density at radius 2 is 2.00 bits per heavy atom. The summed E-state index contributed by atoms with van der Waals surface area (Å²) in [5, 5.41) is 4.05. The van der Waals surface area contributed by atoms with E-state index in [1.807, 2.05) is 37.3 Å². The van der Waals surface area contributed by atoms with Crippen LogP contribution in [-0.2, 0) is 7.05 Å². The van der Waals surface area contributed by atoms with Gasteiger partial charge in [0.2, 0.25) is 0 Å². The number of hydrogen-bond donors (Lipinski definition) is 1. The number of Topliss-reactive ketones (excluding diaryl/α,β-unsaturated/α-hetero) is 1. The van der Waals surface area contributed by atoms with Gasteiger partial charge in [0.15, 0.2) is 11.5 Å². The van der Waals surface area contributed by atoms with Crippen molar-refractivity contribution in [2.45, 2.75) is 13.0 Å². The van der Waals surface area contributed by atoms with Crippen LogP contribution >= 0.6 is 0 Å². The summed E-state index contributed by atoms with van der Waals surface area (Å²) in [6.07, 6.45) is 1.54. The second kappa shape index (κ2) is 5.88. The number of hydrogen-bond acceptors (Lipinski definition) is 4. The zero-order chi connectivity index (χ0) is 14.7. The molecule has 20 heavy (non-hydrogen) atoms. The minimum absolute atomic E-state index is 0.0711. The summed E-state index contributed by atoms with van der Waals surface area (Å²) >= 11 is 0. The largest absolute Gasteiger partial charge is 0.493 e. The van der Waals surface area contributed by atoms with Crippen LogP contribution in [0, 0.1) is 5.92 Å². The predicted octanol–water partition coefficient (Wildman–Crippen LogP) is 1.95. The van der Waals surface area contributed by atoms with Gasteiger partial charge in [-0.05, 0) is 5.56 Å². The third-order valence-electron chi connectivity index (χ3n) is 3.50. The molecule has 0 aliphatic heterocycles. The van der Waals surface area contributed by atoms with E-state index < -0.39 is 0 Å². The molecule has 1 aromatic heterocycles. The van der Waals surface area contributed by atoms with Crippen LogP contribution in [-0.4, -0.2) is 22.7 Å². The second-order valence-corrected chi connectivity index (χ2v) is 4.77. The van der Waals surface area contributed by atoms with Gasteiger partial charge < -0.3 is 10.5 Å². The SMILES string of the molecule is COc1cnn(C)c1C(=O)C(C)C(N)c1ccccc1. The quantitative estimate of drug-likeness (QED) is 0.845. The van der Waals surface area contributed by atoms with Crippen molar-refractivity contribution in [2.24, 2.45) is 18.7 Å². The highest BCUT2D eigenvalue weighted by atomic mass is 16.5. The van der Waals surface area contributed by atoms with Crippen molar-refractivity contribution in [3.05, 3.63) is 47.8 Å². The van der Waals surface area contributed by atoms with Crippen molar-refractivity contribution >= 4 is 5.78 Å². The molecule has 0 amide bonds. The van der Waals surface area contributed by atoms with Gasteiger partial charge in [0, 0.05) is 19.0 Å².